The fourth-order valence-electron chi connectivity index (χ4n) is 2.42. The van der Waals surface area contributed by atoms with Crippen LogP contribution in [0.1, 0.15) is 25.3 Å². The van der Waals surface area contributed by atoms with Gasteiger partial charge in [0.1, 0.15) is 0 Å². The molecule has 0 radical (unpaired) electrons. The average Bonchev–Trinajstić information content (AvgIpc) is 2.40. The molecule has 1 unspecified atom stereocenters. The number of hydrogen-bond acceptors (Lipinski definition) is 3. The lowest BCUT2D eigenvalue weighted by atomic mass is 10.1. The van der Waals surface area contributed by atoms with E-state index >= 15 is 0 Å². The van der Waals surface area contributed by atoms with Crippen molar-refractivity contribution in [1.29, 1.82) is 0 Å². The van der Waals surface area contributed by atoms with E-state index in [1.807, 2.05) is 0 Å². The van der Waals surface area contributed by atoms with E-state index in [0.717, 1.165) is 19.7 Å². The van der Waals surface area contributed by atoms with Gasteiger partial charge in [-0.25, -0.2) is 0 Å². The summed E-state index contributed by atoms with van der Waals surface area (Å²) < 4.78 is 5.72. The van der Waals surface area contributed by atoms with E-state index in [4.69, 9.17) is 10.5 Å². The highest BCUT2D eigenvalue weighted by molar-refractivity contribution is 5.49. The summed E-state index contributed by atoms with van der Waals surface area (Å²) >= 11 is 0. The van der Waals surface area contributed by atoms with Gasteiger partial charge in [0, 0.05) is 31.9 Å². The van der Waals surface area contributed by atoms with E-state index < -0.39 is 0 Å². The van der Waals surface area contributed by atoms with Crippen LogP contribution in [0.25, 0.3) is 0 Å². The van der Waals surface area contributed by atoms with Crippen molar-refractivity contribution in [3.63, 3.8) is 0 Å². The predicted octanol–water partition coefficient (Wildman–Crippen LogP) is 2.15. The highest BCUT2D eigenvalue weighted by Gasteiger charge is 2.20. The molecule has 0 spiro atoms. The minimum Gasteiger partial charge on any atom is -0.377 e. The maximum Gasteiger partial charge on any atom is 0.0750 e. The Balaban J connectivity index is 2.05. The molecule has 1 saturated heterocycles. The summed E-state index contributed by atoms with van der Waals surface area (Å²) in [5, 5.41) is 0. The highest BCUT2D eigenvalue weighted by atomic mass is 16.5. The zero-order valence-corrected chi connectivity index (χ0v) is 10.6. The van der Waals surface area contributed by atoms with Crippen LogP contribution < -0.4 is 10.6 Å². The first-order valence-corrected chi connectivity index (χ1v) is 6.49. The average molecular weight is 234 g/mol. The van der Waals surface area contributed by atoms with Gasteiger partial charge in [-0.05, 0) is 37.5 Å². The molecule has 1 fully saturated rings. The topological polar surface area (TPSA) is 38.5 Å². The van der Waals surface area contributed by atoms with Gasteiger partial charge < -0.3 is 15.4 Å². The molecule has 0 aliphatic carbocycles. The van der Waals surface area contributed by atoms with E-state index in [1.165, 1.54) is 24.1 Å². The standard InChI is InChI=1S/C14H22N2O/c1-2-17-14-7-4-8-16(11-14)13-6-3-5-12(9-13)10-15/h3,5-6,9,14H,2,4,7-8,10-11,15H2,1H3. The quantitative estimate of drug-likeness (QED) is 0.867. The van der Waals surface area contributed by atoms with E-state index in [1.54, 1.807) is 0 Å². The molecule has 3 nitrogen and oxygen atoms in total. The van der Waals surface area contributed by atoms with Crippen molar-refractivity contribution >= 4 is 5.69 Å². The minimum absolute atomic E-state index is 0.385. The van der Waals surface area contributed by atoms with Crippen molar-refractivity contribution in [3.05, 3.63) is 29.8 Å². The molecule has 1 aromatic rings. The van der Waals surface area contributed by atoms with Gasteiger partial charge in [0.25, 0.3) is 0 Å². The number of nitrogens with two attached hydrogens (primary N) is 1. The molecule has 3 heteroatoms. The molecule has 1 aliphatic heterocycles. The molecule has 0 saturated carbocycles. The Morgan fingerprint density at radius 2 is 2.35 bits per heavy atom. The molecule has 1 heterocycles. The molecular formula is C14H22N2O. The smallest absolute Gasteiger partial charge is 0.0750 e. The van der Waals surface area contributed by atoms with Gasteiger partial charge in [0.05, 0.1) is 6.10 Å². The lowest BCUT2D eigenvalue weighted by Gasteiger charge is -2.34. The van der Waals surface area contributed by atoms with Gasteiger partial charge in [-0.15, -0.1) is 0 Å². The molecule has 0 amide bonds. The monoisotopic (exact) mass is 234 g/mol. The van der Waals surface area contributed by atoms with E-state index in [0.29, 0.717) is 12.6 Å². The van der Waals surface area contributed by atoms with Crippen molar-refractivity contribution in [2.75, 3.05) is 24.6 Å². The van der Waals surface area contributed by atoms with Crippen LogP contribution in [0.15, 0.2) is 24.3 Å². The second-order valence-electron chi connectivity index (χ2n) is 4.54. The number of benzene rings is 1. The lowest BCUT2D eigenvalue weighted by Crippen LogP contribution is -2.39. The van der Waals surface area contributed by atoms with Gasteiger partial charge in [0.15, 0.2) is 0 Å². The zero-order valence-electron chi connectivity index (χ0n) is 10.6. The summed E-state index contributed by atoms with van der Waals surface area (Å²) in [6, 6.07) is 8.51. The molecular weight excluding hydrogens is 212 g/mol. The lowest BCUT2D eigenvalue weighted by molar-refractivity contribution is 0.0527. The minimum atomic E-state index is 0.385. The van der Waals surface area contributed by atoms with Crippen LogP contribution in [0.5, 0.6) is 0 Å². The van der Waals surface area contributed by atoms with Crippen molar-refractivity contribution in [3.8, 4) is 0 Å². The Morgan fingerprint density at radius 3 is 3.12 bits per heavy atom. The second-order valence-corrected chi connectivity index (χ2v) is 4.54. The number of hydrogen-bond donors (Lipinski definition) is 1. The Labute approximate surface area is 104 Å². The van der Waals surface area contributed by atoms with Gasteiger partial charge in [-0.1, -0.05) is 12.1 Å². The summed E-state index contributed by atoms with van der Waals surface area (Å²) in [6.45, 7) is 5.60. The molecule has 0 aromatic heterocycles. The van der Waals surface area contributed by atoms with Crippen molar-refractivity contribution in [1.82, 2.24) is 0 Å². The Morgan fingerprint density at radius 1 is 1.47 bits per heavy atom. The Hall–Kier alpha value is -1.06. The first kappa shape index (κ1) is 12.4. The van der Waals surface area contributed by atoms with Crippen LogP contribution in [0.3, 0.4) is 0 Å². The summed E-state index contributed by atoms with van der Waals surface area (Å²) in [5.74, 6) is 0. The van der Waals surface area contributed by atoms with Crippen molar-refractivity contribution < 1.29 is 4.74 Å². The molecule has 1 atom stereocenters. The molecule has 0 bridgehead atoms. The maximum absolute atomic E-state index is 5.72. The molecule has 2 rings (SSSR count). The highest BCUT2D eigenvalue weighted by Crippen LogP contribution is 2.22. The summed E-state index contributed by atoms with van der Waals surface area (Å²) in [7, 11) is 0. The van der Waals surface area contributed by atoms with Crippen molar-refractivity contribution in [2.24, 2.45) is 5.73 Å². The normalized spacial score (nSPS) is 20.6. The van der Waals surface area contributed by atoms with Gasteiger partial charge >= 0.3 is 0 Å². The molecule has 1 aliphatic rings. The van der Waals surface area contributed by atoms with Crippen LogP contribution in [0, 0.1) is 0 Å². The van der Waals surface area contributed by atoms with E-state index in [9.17, 15) is 0 Å². The maximum atomic E-state index is 5.72. The number of rotatable bonds is 4. The van der Waals surface area contributed by atoms with Crippen LogP contribution in [0.4, 0.5) is 5.69 Å². The predicted molar refractivity (Wildman–Crippen MR) is 71.2 cm³/mol. The number of nitrogens with zero attached hydrogens (tertiary/aromatic N) is 1. The zero-order chi connectivity index (χ0) is 12.1. The van der Waals surface area contributed by atoms with Crippen LogP contribution in [-0.4, -0.2) is 25.8 Å². The molecule has 2 N–H and O–H groups in total. The van der Waals surface area contributed by atoms with Crippen LogP contribution in [0.2, 0.25) is 0 Å². The van der Waals surface area contributed by atoms with E-state index in [2.05, 4.69) is 36.1 Å². The third-order valence-corrected chi connectivity index (χ3v) is 3.29. The number of ether oxygens (including phenoxy) is 1. The third-order valence-electron chi connectivity index (χ3n) is 3.29. The molecule has 17 heavy (non-hydrogen) atoms. The Kier molecular flexibility index (Phi) is 4.40. The van der Waals surface area contributed by atoms with Gasteiger partial charge in [-0.2, -0.15) is 0 Å². The largest absolute Gasteiger partial charge is 0.377 e. The summed E-state index contributed by atoms with van der Waals surface area (Å²) in [6.07, 6.45) is 2.77. The third kappa shape index (κ3) is 3.20. The molecule has 1 aromatic carbocycles. The van der Waals surface area contributed by atoms with E-state index in [-0.39, 0.29) is 0 Å². The first-order chi connectivity index (χ1) is 8.33. The van der Waals surface area contributed by atoms with Crippen LogP contribution >= 0.6 is 0 Å². The summed E-state index contributed by atoms with van der Waals surface area (Å²) in [4.78, 5) is 2.41. The number of anilines is 1. The fraction of sp³-hybridized carbons (Fsp3) is 0.571. The Bertz CT molecular complexity index is 352. The molecule has 94 valence electrons. The fourth-order valence-corrected chi connectivity index (χ4v) is 2.42. The van der Waals surface area contributed by atoms with Gasteiger partial charge in [0.2, 0.25) is 0 Å². The van der Waals surface area contributed by atoms with Crippen LogP contribution in [-0.2, 0) is 11.3 Å². The number of piperidine rings is 1. The van der Waals surface area contributed by atoms with Crippen molar-refractivity contribution in [2.45, 2.75) is 32.4 Å². The SMILES string of the molecule is CCOC1CCCN(c2cccc(CN)c2)C1. The first-order valence-electron chi connectivity index (χ1n) is 6.49. The summed E-state index contributed by atoms with van der Waals surface area (Å²) in [5.41, 5.74) is 8.15. The second kappa shape index (κ2) is 6.03. The van der Waals surface area contributed by atoms with Gasteiger partial charge in [-0.3, -0.25) is 0 Å².